The second-order valence-electron chi connectivity index (χ2n) is 4.43. The Morgan fingerprint density at radius 2 is 1.83 bits per heavy atom. The van der Waals surface area contributed by atoms with Crippen molar-refractivity contribution in [3.63, 3.8) is 0 Å². The van der Waals surface area contributed by atoms with Crippen molar-refractivity contribution >= 4 is 49.2 Å². The van der Waals surface area contributed by atoms with Gasteiger partial charge in [0.1, 0.15) is 0 Å². The van der Waals surface area contributed by atoms with Crippen molar-refractivity contribution in [1.82, 2.24) is 0 Å². The molecule has 0 nitrogen and oxygen atoms in total. The highest BCUT2D eigenvalue weighted by molar-refractivity contribution is 8.63. The lowest BCUT2D eigenvalue weighted by Crippen LogP contribution is -2.05. The maximum absolute atomic E-state index is 3.05. The van der Waals surface area contributed by atoms with Gasteiger partial charge in [-0.3, -0.25) is 0 Å². The Balaban J connectivity index is 2.49. The molecule has 0 saturated heterocycles. The normalized spacial score (nSPS) is 13.5. The summed E-state index contributed by atoms with van der Waals surface area (Å²) in [5, 5.41) is 4.34. The van der Waals surface area contributed by atoms with E-state index in [1.54, 1.807) is 10.9 Å². The molecule has 2 rings (SSSR count). The van der Waals surface area contributed by atoms with E-state index in [2.05, 4.69) is 61.2 Å². The Morgan fingerprint density at radius 3 is 2.44 bits per heavy atom. The Hall–Kier alpha value is 0.420. The molecule has 0 aromatic heterocycles. The van der Waals surface area contributed by atoms with Gasteiger partial charge < -0.3 is 0 Å². The highest BCUT2D eigenvalue weighted by Crippen LogP contribution is 2.65. The summed E-state index contributed by atoms with van der Waals surface area (Å²) in [6.45, 7) is 2.27. The molecule has 0 amide bonds. The monoisotopic (exact) mass is 312 g/mol. The number of rotatable bonds is 5. The third-order valence-electron chi connectivity index (χ3n) is 3.15. The van der Waals surface area contributed by atoms with Crippen molar-refractivity contribution < 1.29 is 0 Å². The zero-order chi connectivity index (χ0) is 13.0. The van der Waals surface area contributed by atoms with Gasteiger partial charge in [0.15, 0.2) is 0 Å². The first-order valence-corrected chi connectivity index (χ1v) is 12.9. The van der Waals surface area contributed by atoms with Crippen molar-refractivity contribution in [3.8, 4) is 0 Å². The van der Waals surface area contributed by atoms with Crippen LogP contribution < -0.4 is 5.30 Å². The van der Waals surface area contributed by atoms with Crippen LogP contribution in [0, 0.1) is 0 Å². The average molecular weight is 312 g/mol. The molecule has 4 heteroatoms. The molecule has 18 heavy (non-hydrogen) atoms. The van der Waals surface area contributed by atoms with Crippen LogP contribution in [0.25, 0.3) is 10.8 Å². The molecule has 2 aromatic carbocycles. The van der Waals surface area contributed by atoms with E-state index in [1.807, 2.05) is 0 Å². The van der Waals surface area contributed by atoms with Gasteiger partial charge in [-0.15, -0.1) is 17.9 Å². The Morgan fingerprint density at radius 1 is 1.17 bits per heavy atom. The summed E-state index contributed by atoms with van der Waals surface area (Å²) in [5.41, 5.74) is 1.56. The van der Waals surface area contributed by atoms with Crippen molar-refractivity contribution in [3.05, 3.63) is 42.0 Å². The second kappa shape index (κ2) is 7.27. The Labute approximate surface area is 117 Å². The van der Waals surface area contributed by atoms with Gasteiger partial charge in [-0.1, -0.05) is 51.6 Å². The van der Waals surface area contributed by atoms with Gasteiger partial charge in [-0.25, -0.2) is 0 Å². The van der Waals surface area contributed by atoms with Crippen molar-refractivity contribution in [2.75, 3.05) is 0 Å². The lowest BCUT2D eigenvalue weighted by molar-refractivity contribution is 0.798. The minimum Gasteiger partial charge on any atom is -0.109 e. The van der Waals surface area contributed by atoms with Crippen LogP contribution in [0.2, 0.25) is 0 Å². The molecular weight excluding hydrogens is 292 g/mol. The standard InChI is InChI=1S/C14H20P4/c1-2-3-6-13-9-11-7-4-5-8-12(11)10-14(13)18(16)17-15/h4-5,7-10,17H,2-3,6,15-16H2,1H3. The van der Waals surface area contributed by atoms with Gasteiger partial charge in [0, 0.05) is 0 Å². The summed E-state index contributed by atoms with van der Waals surface area (Å²) in [7, 11) is 6.82. The maximum atomic E-state index is 3.05. The van der Waals surface area contributed by atoms with Gasteiger partial charge in [0.05, 0.1) is 0 Å². The van der Waals surface area contributed by atoms with E-state index in [0.717, 1.165) is 7.96 Å². The van der Waals surface area contributed by atoms with E-state index in [9.17, 15) is 0 Å². The molecular formula is C14H20P4. The van der Waals surface area contributed by atoms with Gasteiger partial charge in [0.25, 0.3) is 0 Å². The minimum absolute atomic E-state index is 0.0766. The fourth-order valence-electron chi connectivity index (χ4n) is 2.14. The van der Waals surface area contributed by atoms with Crippen LogP contribution in [0.4, 0.5) is 0 Å². The van der Waals surface area contributed by atoms with Crippen LogP contribution in [0.3, 0.4) is 0 Å². The van der Waals surface area contributed by atoms with E-state index in [0.29, 0.717) is 0 Å². The summed E-state index contributed by atoms with van der Waals surface area (Å²) in [6.07, 6.45) is 3.78. The largest absolute Gasteiger partial charge is 0.109 e. The summed E-state index contributed by atoms with van der Waals surface area (Å²) >= 11 is 0. The third-order valence-corrected chi connectivity index (χ3v) is 13.3. The zero-order valence-electron chi connectivity index (χ0n) is 10.7. The Bertz CT molecular complexity index is 524. The van der Waals surface area contributed by atoms with Crippen LogP contribution in [-0.4, -0.2) is 0 Å². The molecule has 0 N–H and O–H groups in total. The third kappa shape index (κ3) is 3.50. The molecule has 4 unspecified atom stereocenters. The highest BCUT2D eigenvalue weighted by Gasteiger charge is 2.10. The first-order chi connectivity index (χ1) is 8.76. The average Bonchev–Trinajstić information content (AvgIpc) is 2.43. The molecule has 0 heterocycles. The van der Waals surface area contributed by atoms with E-state index in [1.165, 1.54) is 30.0 Å². The predicted molar refractivity (Wildman–Crippen MR) is 96.8 cm³/mol. The van der Waals surface area contributed by atoms with Crippen LogP contribution in [0.15, 0.2) is 36.4 Å². The van der Waals surface area contributed by atoms with Crippen molar-refractivity contribution in [1.29, 1.82) is 0 Å². The molecule has 2 aromatic rings. The smallest absolute Gasteiger partial charge is 0.0120 e. The van der Waals surface area contributed by atoms with Gasteiger partial charge in [-0.2, -0.15) is 0 Å². The van der Waals surface area contributed by atoms with Gasteiger partial charge in [-0.05, 0) is 47.8 Å². The van der Waals surface area contributed by atoms with E-state index in [-0.39, 0.29) is 7.30 Å². The van der Waals surface area contributed by atoms with Crippen LogP contribution in [0.1, 0.15) is 25.3 Å². The van der Waals surface area contributed by atoms with Crippen LogP contribution in [0.5, 0.6) is 0 Å². The van der Waals surface area contributed by atoms with Crippen LogP contribution >= 0.6 is 33.1 Å². The molecule has 0 aliphatic rings. The SMILES string of the molecule is CCCCc1cc2ccccc2cc1P(P)PP. The second-order valence-corrected chi connectivity index (χ2v) is 13.6. The number of aryl methyl sites for hydroxylation is 1. The molecule has 0 saturated carbocycles. The topological polar surface area (TPSA) is 0 Å². The minimum atomic E-state index is -0.0766. The predicted octanol–water partition coefficient (Wildman–Crippen LogP) is 5.46. The molecule has 0 radical (unpaired) electrons. The first-order valence-electron chi connectivity index (χ1n) is 6.29. The summed E-state index contributed by atoms with van der Waals surface area (Å²) in [5.74, 6) is 0. The van der Waals surface area contributed by atoms with Gasteiger partial charge in [0.2, 0.25) is 0 Å². The van der Waals surface area contributed by atoms with Crippen molar-refractivity contribution in [2.24, 2.45) is 0 Å². The lowest BCUT2D eigenvalue weighted by atomic mass is 10.0. The van der Waals surface area contributed by atoms with Gasteiger partial charge >= 0.3 is 0 Å². The van der Waals surface area contributed by atoms with E-state index in [4.69, 9.17) is 0 Å². The molecule has 4 atom stereocenters. The molecule has 0 fully saturated rings. The quantitative estimate of drug-likeness (QED) is 0.643. The lowest BCUT2D eigenvalue weighted by Gasteiger charge is -2.16. The molecule has 0 aliphatic heterocycles. The Kier molecular flexibility index (Phi) is 5.98. The van der Waals surface area contributed by atoms with Crippen molar-refractivity contribution in [2.45, 2.75) is 26.2 Å². The number of hydrogen-bond donors (Lipinski definition) is 0. The molecule has 0 bridgehead atoms. The maximum Gasteiger partial charge on any atom is -0.0120 e. The number of hydrogen-bond acceptors (Lipinski definition) is 0. The first kappa shape index (κ1) is 14.8. The fourth-order valence-corrected chi connectivity index (χ4v) is 6.05. The fraction of sp³-hybridized carbons (Fsp3) is 0.286. The van der Waals surface area contributed by atoms with E-state index >= 15 is 0 Å². The number of fused-ring (bicyclic) bond motifs is 1. The van der Waals surface area contributed by atoms with E-state index < -0.39 is 0 Å². The summed E-state index contributed by atoms with van der Waals surface area (Å²) < 4.78 is 0. The zero-order valence-corrected chi connectivity index (χ0v) is 14.9. The molecule has 96 valence electrons. The number of unbranched alkanes of at least 4 members (excludes halogenated alkanes) is 1. The molecule has 0 spiro atoms. The highest BCUT2D eigenvalue weighted by atomic mass is 32.6. The van der Waals surface area contributed by atoms with Crippen LogP contribution in [-0.2, 0) is 6.42 Å². The summed E-state index contributed by atoms with van der Waals surface area (Å²) in [4.78, 5) is 0. The molecule has 0 aliphatic carbocycles. The number of benzene rings is 2. The summed E-state index contributed by atoms with van der Waals surface area (Å²) in [6, 6.07) is 13.5.